The molecule has 2 fully saturated rings. The fraction of sp³-hybridized carbons (Fsp3) is 0.366. The number of esters is 1. The van der Waals surface area contributed by atoms with E-state index in [0.717, 1.165) is 11.1 Å². The zero-order chi connectivity index (χ0) is 36.7. The van der Waals surface area contributed by atoms with Crippen LogP contribution < -0.4 is 10.2 Å². The number of benzene rings is 3. The van der Waals surface area contributed by atoms with E-state index in [1.54, 1.807) is 30.0 Å². The minimum absolute atomic E-state index is 0.144. The van der Waals surface area contributed by atoms with Crippen LogP contribution in [0.4, 0.5) is 5.69 Å². The van der Waals surface area contributed by atoms with Crippen LogP contribution in [0.5, 0.6) is 0 Å². The minimum Gasteiger partial charge on any atom is -0.455 e. The van der Waals surface area contributed by atoms with Crippen molar-refractivity contribution in [1.82, 2.24) is 10.2 Å². The molecule has 10 nitrogen and oxygen atoms in total. The predicted octanol–water partition coefficient (Wildman–Crippen LogP) is 5.38. The molecule has 11 heteroatoms. The number of carbonyl (C=O) groups excluding carboxylic acids is 4. The van der Waals surface area contributed by atoms with Gasteiger partial charge in [0.1, 0.15) is 29.8 Å². The highest BCUT2D eigenvalue weighted by molar-refractivity contribution is 9.11. The lowest BCUT2D eigenvalue weighted by Gasteiger charge is -2.39. The number of ether oxygens (including phenoxy) is 2. The molecule has 4 heterocycles. The van der Waals surface area contributed by atoms with Crippen LogP contribution in [0.2, 0.25) is 0 Å². The van der Waals surface area contributed by atoms with Crippen molar-refractivity contribution in [1.29, 1.82) is 0 Å². The van der Waals surface area contributed by atoms with Gasteiger partial charge < -0.3 is 29.7 Å². The lowest BCUT2D eigenvalue weighted by atomic mass is 9.74. The molecule has 52 heavy (non-hydrogen) atoms. The van der Waals surface area contributed by atoms with E-state index in [4.69, 9.17) is 9.47 Å². The number of halogens is 1. The van der Waals surface area contributed by atoms with Gasteiger partial charge in [0.15, 0.2) is 0 Å². The van der Waals surface area contributed by atoms with E-state index in [1.807, 2.05) is 92.7 Å². The first-order chi connectivity index (χ1) is 25.1. The number of anilines is 1. The summed E-state index contributed by atoms with van der Waals surface area (Å²) in [6, 6.07) is 21.3. The smallest absolute Gasteiger partial charge is 0.313 e. The van der Waals surface area contributed by atoms with Crippen molar-refractivity contribution in [3.63, 3.8) is 0 Å². The van der Waals surface area contributed by atoms with Crippen molar-refractivity contribution in [2.24, 2.45) is 11.8 Å². The normalized spacial score (nSPS) is 30.4. The lowest BCUT2D eigenvalue weighted by Crippen LogP contribution is -2.57. The highest BCUT2D eigenvalue weighted by Crippen LogP contribution is 2.60. The van der Waals surface area contributed by atoms with Crippen LogP contribution in [-0.2, 0) is 28.7 Å². The van der Waals surface area contributed by atoms with Crippen LogP contribution in [0, 0.1) is 25.7 Å². The Morgan fingerprint density at radius 2 is 1.65 bits per heavy atom. The van der Waals surface area contributed by atoms with Crippen molar-refractivity contribution >= 4 is 45.3 Å². The number of rotatable bonds is 5. The summed E-state index contributed by atoms with van der Waals surface area (Å²) in [5, 5.41) is 14.0. The van der Waals surface area contributed by atoms with E-state index in [1.165, 1.54) is 4.90 Å². The summed E-state index contributed by atoms with van der Waals surface area (Å²) in [6.45, 7) is 5.32. The molecule has 7 rings (SSSR count). The predicted molar refractivity (Wildman–Crippen MR) is 198 cm³/mol. The molecule has 4 aliphatic rings. The molecular weight excluding hydrogens is 726 g/mol. The summed E-state index contributed by atoms with van der Waals surface area (Å²) < 4.78 is 13.6. The first kappa shape index (κ1) is 35.8. The minimum atomic E-state index is -1.56. The van der Waals surface area contributed by atoms with Crippen LogP contribution in [0.3, 0.4) is 0 Å². The standard InChI is InChI=1S/C41H42BrN3O7/c1-24-18-19-25(2)30(21-24)44-20-12-6-11-17-32(47)43-26(3)35(28-15-9-5-10-16-28)51-40(50)33-34-38(48)45(31(23-46)27-13-7-4-8-14-27)37(39(44)49)41(34)22-29(42)36(33)52-41/h4-10,12-16,18-19,21-22,26,31,33-37,46H,11,17,20,23H2,1-3H3,(H,43,47)/b12-6-/t26-,31-,33+,34-,35+,36+,37+,41-/m1/s1. The van der Waals surface area contributed by atoms with E-state index in [9.17, 15) is 14.7 Å². The fourth-order valence-electron chi connectivity index (χ4n) is 8.25. The molecule has 0 aliphatic carbocycles. The van der Waals surface area contributed by atoms with Gasteiger partial charge in [0, 0.05) is 23.1 Å². The summed E-state index contributed by atoms with van der Waals surface area (Å²) in [5.74, 6) is -4.07. The number of hydrogen-bond donors (Lipinski definition) is 2. The van der Waals surface area contributed by atoms with E-state index in [2.05, 4.69) is 21.2 Å². The number of hydrogen-bond acceptors (Lipinski definition) is 7. The Balaban J connectivity index is 1.40. The van der Waals surface area contributed by atoms with Crippen molar-refractivity contribution in [3.8, 4) is 0 Å². The number of aryl methyl sites for hydroxylation is 2. The average molecular weight is 769 g/mol. The van der Waals surface area contributed by atoms with Gasteiger partial charge in [0.25, 0.3) is 5.91 Å². The molecular formula is C41H42BrN3O7. The highest BCUT2D eigenvalue weighted by atomic mass is 79.9. The second-order valence-corrected chi connectivity index (χ2v) is 15.0. The fourth-order valence-corrected chi connectivity index (χ4v) is 8.99. The molecule has 270 valence electrons. The van der Waals surface area contributed by atoms with E-state index < -0.39 is 72.2 Å². The van der Waals surface area contributed by atoms with Crippen molar-refractivity contribution in [2.75, 3.05) is 18.1 Å². The molecule has 3 amide bonds. The SMILES string of the molecule is Cc1ccc(C)c(N2C/C=C\CCC(=O)N[C@H](C)[C@@H](c3ccccc3)OC(=O)[C@@H]3[C@H]4O[C@@]5(C=C4Br)[C@H](C2=O)N([C@H](CO)c2ccccc2)C(=O)[C@@H]35)c1. The second-order valence-electron chi connectivity index (χ2n) is 14.1. The summed E-state index contributed by atoms with van der Waals surface area (Å²) in [7, 11) is 0. The topological polar surface area (TPSA) is 125 Å². The van der Waals surface area contributed by atoms with Crippen molar-refractivity contribution in [3.05, 3.63) is 124 Å². The molecule has 0 radical (unpaired) electrons. The molecule has 3 aromatic carbocycles. The van der Waals surface area contributed by atoms with Crippen LogP contribution in [0.1, 0.15) is 54.2 Å². The maximum atomic E-state index is 15.4. The van der Waals surface area contributed by atoms with Gasteiger partial charge in [-0.2, -0.15) is 0 Å². The number of nitrogens with one attached hydrogen (secondary N) is 1. The van der Waals surface area contributed by atoms with Gasteiger partial charge in [-0.3, -0.25) is 19.2 Å². The van der Waals surface area contributed by atoms with Gasteiger partial charge in [-0.05, 0) is 61.6 Å². The molecule has 0 saturated carbocycles. The molecule has 3 aromatic rings. The third-order valence-corrected chi connectivity index (χ3v) is 11.4. The molecule has 1 spiro atoms. The molecule has 5 bridgehead atoms. The van der Waals surface area contributed by atoms with Crippen LogP contribution in [0.15, 0.2) is 102 Å². The average Bonchev–Trinajstić information content (AvgIpc) is 3.73. The Bertz CT molecular complexity index is 1930. The molecule has 2 saturated heterocycles. The summed E-state index contributed by atoms with van der Waals surface area (Å²) in [6.07, 6.45) is 4.31. The van der Waals surface area contributed by atoms with Gasteiger partial charge in [0.2, 0.25) is 11.8 Å². The number of fused-ring (bicyclic) bond motifs is 2. The Kier molecular flexibility index (Phi) is 9.95. The maximum absolute atomic E-state index is 15.4. The largest absolute Gasteiger partial charge is 0.455 e. The number of nitrogens with zero attached hydrogens (tertiary/aromatic N) is 2. The number of likely N-dealkylation sites (tertiary alicyclic amines) is 1. The molecule has 0 unspecified atom stereocenters. The van der Waals surface area contributed by atoms with Gasteiger partial charge in [-0.1, -0.05) is 101 Å². The van der Waals surface area contributed by atoms with Crippen LogP contribution in [-0.4, -0.2) is 70.6 Å². The number of cyclic esters (lactones) is 1. The van der Waals surface area contributed by atoms with E-state index in [0.29, 0.717) is 27.7 Å². The van der Waals surface area contributed by atoms with Crippen molar-refractivity contribution < 1.29 is 33.8 Å². The Labute approximate surface area is 311 Å². The summed E-state index contributed by atoms with van der Waals surface area (Å²) in [4.78, 5) is 61.3. The quantitative estimate of drug-likeness (QED) is 0.264. The molecule has 2 N–H and O–H groups in total. The summed E-state index contributed by atoms with van der Waals surface area (Å²) in [5.41, 5.74) is 2.20. The number of allylic oxidation sites excluding steroid dienone is 1. The first-order valence-electron chi connectivity index (χ1n) is 17.7. The molecule has 8 atom stereocenters. The van der Waals surface area contributed by atoms with E-state index in [-0.39, 0.29) is 18.9 Å². The zero-order valence-corrected chi connectivity index (χ0v) is 30.9. The van der Waals surface area contributed by atoms with Gasteiger partial charge >= 0.3 is 5.97 Å². The number of aliphatic hydroxyl groups excluding tert-OH is 1. The van der Waals surface area contributed by atoms with E-state index >= 15 is 9.59 Å². The highest BCUT2D eigenvalue weighted by Gasteiger charge is 2.75. The maximum Gasteiger partial charge on any atom is 0.313 e. The monoisotopic (exact) mass is 767 g/mol. The Morgan fingerprint density at radius 1 is 0.942 bits per heavy atom. The molecule has 4 aliphatic heterocycles. The first-order valence-corrected chi connectivity index (χ1v) is 18.5. The Hall–Kier alpha value is -4.58. The number of carbonyl (C=O) groups is 4. The van der Waals surface area contributed by atoms with Crippen LogP contribution in [0.25, 0.3) is 0 Å². The number of amides is 3. The summed E-state index contributed by atoms with van der Waals surface area (Å²) >= 11 is 3.63. The Morgan fingerprint density at radius 3 is 2.37 bits per heavy atom. The van der Waals surface area contributed by atoms with Gasteiger partial charge in [-0.15, -0.1) is 0 Å². The third kappa shape index (κ3) is 6.18. The lowest BCUT2D eigenvalue weighted by molar-refractivity contribution is -0.161. The van der Waals surface area contributed by atoms with Gasteiger partial charge in [-0.25, -0.2) is 0 Å². The molecule has 0 aromatic heterocycles. The second kappa shape index (κ2) is 14.4. The van der Waals surface area contributed by atoms with Crippen molar-refractivity contribution in [2.45, 2.75) is 69.5 Å². The van der Waals surface area contributed by atoms with Gasteiger partial charge in [0.05, 0.1) is 24.6 Å². The number of aliphatic hydroxyl groups is 1. The zero-order valence-electron chi connectivity index (χ0n) is 29.3. The van der Waals surface area contributed by atoms with Crippen LogP contribution >= 0.6 is 15.9 Å². The third-order valence-electron chi connectivity index (χ3n) is 10.7.